The number of piperazine rings is 1. The number of hydrogen-bond acceptors (Lipinski definition) is 6. The lowest BCUT2D eigenvalue weighted by Gasteiger charge is -2.39. The number of rotatable bonds is 4. The molecular weight excluding hydrogens is 370 g/mol. The van der Waals surface area contributed by atoms with Crippen LogP contribution in [0.4, 0.5) is 10.5 Å². The molecule has 5 rings (SSSR count). The summed E-state index contributed by atoms with van der Waals surface area (Å²) in [5.41, 5.74) is 2.03. The minimum atomic E-state index is 0.135. The predicted octanol–water partition coefficient (Wildman–Crippen LogP) is 1.99. The minimum Gasteiger partial charge on any atom is -0.477 e. The van der Waals surface area contributed by atoms with Gasteiger partial charge in [-0.3, -0.25) is 0 Å². The number of morpholine rings is 1. The normalized spacial score (nSPS) is 20.2. The van der Waals surface area contributed by atoms with Crippen molar-refractivity contribution in [3.8, 4) is 5.88 Å². The van der Waals surface area contributed by atoms with Gasteiger partial charge in [0.25, 0.3) is 0 Å². The van der Waals surface area contributed by atoms with Crippen LogP contribution in [0.15, 0.2) is 24.5 Å². The van der Waals surface area contributed by atoms with Gasteiger partial charge in [-0.25, -0.2) is 14.8 Å². The summed E-state index contributed by atoms with van der Waals surface area (Å²) in [6, 6.07) is 6.38. The summed E-state index contributed by atoms with van der Waals surface area (Å²) in [4.78, 5) is 27.6. The number of nitrogens with zero attached hydrogens (tertiary/aromatic N) is 5. The summed E-state index contributed by atoms with van der Waals surface area (Å²) in [5.74, 6) is 1.35. The van der Waals surface area contributed by atoms with Gasteiger partial charge in [0.15, 0.2) is 0 Å². The number of benzene rings is 1. The van der Waals surface area contributed by atoms with Crippen LogP contribution in [0, 0.1) is 5.92 Å². The van der Waals surface area contributed by atoms with Gasteiger partial charge in [0, 0.05) is 45.0 Å². The van der Waals surface area contributed by atoms with E-state index in [9.17, 15) is 4.79 Å². The zero-order valence-electron chi connectivity index (χ0n) is 16.6. The van der Waals surface area contributed by atoms with E-state index in [0.29, 0.717) is 38.1 Å². The number of hydrogen-bond donors (Lipinski definition) is 0. The number of urea groups is 1. The second-order valence-electron chi connectivity index (χ2n) is 7.99. The fourth-order valence-electron chi connectivity index (χ4n) is 3.92. The minimum absolute atomic E-state index is 0.135. The van der Waals surface area contributed by atoms with Crippen molar-refractivity contribution >= 4 is 22.6 Å². The molecule has 0 unspecified atom stereocenters. The Hall–Kier alpha value is -2.61. The summed E-state index contributed by atoms with van der Waals surface area (Å²) in [6.45, 7) is 6.46. The Morgan fingerprint density at radius 3 is 2.55 bits per heavy atom. The van der Waals surface area contributed by atoms with Crippen molar-refractivity contribution in [2.45, 2.75) is 12.8 Å². The van der Waals surface area contributed by atoms with E-state index < -0.39 is 0 Å². The van der Waals surface area contributed by atoms with Gasteiger partial charge < -0.3 is 24.2 Å². The molecule has 3 heterocycles. The third kappa shape index (κ3) is 4.07. The van der Waals surface area contributed by atoms with Gasteiger partial charge in [-0.2, -0.15) is 0 Å². The lowest BCUT2D eigenvalue weighted by molar-refractivity contribution is 0.0428. The van der Waals surface area contributed by atoms with E-state index in [1.165, 1.54) is 12.8 Å². The SMILES string of the molecule is O=C(N1CCOCC1)N1CCN(c2ccc3ncnc(OCC4CC4)c3c2)CC1. The first-order valence-corrected chi connectivity index (χ1v) is 10.5. The number of aromatic nitrogens is 2. The van der Waals surface area contributed by atoms with E-state index in [0.717, 1.165) is 49.4 Å². The molecule has 1 aliphatic carbocycles. The van der Waals surface area contributed by atoms with Gasteiger partial charge in [-0.1, -0.05) is 0 Å². The van der Waals surface area contributed by atoms with E-state index in [-0.39, 0.29) is 6.03 Å². The molecule has 3 fully saturated rings. The van der Waals surface area contributed by atoms with Crippen LogP contribution in [0.25, 0.3) is 10.9 Å². The highest BCUT2D eigenvalue weighted by atomic mass is 16.5. The van der Waals surface area contributed by atoms with Crippen LogP contribution in [0.2, 0.25) is 0 Å². The first kappa shape index (κ1) is 18.4. The molecule has 154 valence electrons. The van der Waals surface area contributed by atoms with Crippen molar-refractivity contribution < 1.29 is 14.3 Å². The summed E-state index contributed by atoms with van der Waals surface area (Å²) in [7, 11) is 0. The maximum Gasteiger partial charge on any atom is 0.320 e. The average molecular weight is 397 g/mol. The molecule has 2 aliphatic heterocycles. The maximum atomic E-state index is 12.7. The van der Waals surface area contributed by atoms with Crippen molar-refractivity contribution in [1.82, 2.24) is 19.8 Å². The second-order valence-corrected chi connectivity index (χ2v) is 7.99. The Kier molecular flexibility index (Phi) is 5.10. The molecule has 2 amide bonds. The van der Waals surface area contributed by atoms with Crippen LogP contribution >= 0.6 is 0 Å². The third-order valence-corrected chi connectivity index (χ3v) is 5.93. The molecule has 2 aromatic rings. The Bertz CT molecular complexity index is 874. The van der Waals surface area contributed by atoms with Gasteiger partial charge in [0.05, 0.1) is 30.7 Å². The van der Waals surface area contributed by atoms with Crippen LogP contribution in [0.3, 0.4) is 0 Å². The quantitative estimate of drug-likeness (QED) is 0.786. The molecule has 0 spiro atoms. The number of carbonyl (C=O) groups is 1. The molecular formula is C21H27N5O3. The summed E-state index contributed by atoms with van der Waals surface area (Å²) in [6.07, 6.45) is 4.07. The largest absolute Gasteiger partial charge is 0.477 e. The molecule has 1 aromatic heterocycles. The van der Waals surface area contributed by atoms with Crippen LogP contribution in [-0.4, -0.2) is 84.9 Å². The molecule has 8 nitrogen and oxygen atoms in total. The Labute approximate surface area is 170 Å². The molecule has 29 heavy (non-hydrogen) atoms. The molecule has 1 saturated carbocycles. The van der Waals surface area contributed by atoms with Crippen LogP contribution in [0.1, 0.15) is 12.8 Å². The zero-order chi connectivity index (χ0) is 19.6. The van der Waals surface area contributed by atoms with Crippen molar-refractivity contribution in [3.05, 3.63) is 24.5 Å². The number of carbonyl (C=O) groups excluding carboxylic acids is 1. The van der Waals surface area contributed by atoms with Crippen LogP contribution < -0.4 is 9.64 Å². The number of fused-ring (bicyclic) bond motifs is 1. The Morgan fingerprint density at radius 1 is 1.03 bits per heavy atom. The van der Waals surface area contributed by atoms with Crippen molar-refractivity contribution in [2.24, 2.45) is 5.92 Å². The van der Waals surface area contributed by atoms with Gasteiger partial charge in [-0.15, -0.1) is 0 Å². The topological polar surface area (TPSA) is 71.0 Å². The number of ether oxygens (including phenoxy) is 2. The third-order valence-electron chi connectivity index (χ3n) is 5.93. The maximum absolute atomic E-state index is 12.7. The summed E-state index contributed by atoms with van der Waals surface area (Å²) < 4.78 is 11.3. The van der Waals surface area contributed by atoms with Gasteiger partial charge in [-0.05, 0) is 37.0 Å². The first-order valence-electron chi connectivity index (χ1n) is 10.5. The fraction of sp³-hybridized carbons (Fsp3) is 0.571. The van der Waals surface area contributed by atoms with E-state index in [4.69, 9.17) is 9.47 Å². The molecule has 3 aliphatic rings. The molecule has 2 saturated heterocycles. The highest BCUT2D eigenvalue weighted by molar-refractivity contribution is 5.86. The molecule has 0 atom stereocenters. The van der Waals surface area contributed by atoms with Crippen molar-refractivity contribution in [3.63, 3.8) is 0 Å². The van der Waals surface area contributed by atoms with Gasteiger partial charge >= 0.3 is 6.03 Å². The summed E-state index contributed by atoms with van der Waals surface area (Å²) in [5, 5.41) is 0.956. The molecule has 1 aromatic carbocycles. The van der Waals surface area contributed by atoms with Crippen LogP contribution in [0.5, 0.6) is 5.88 Å². The van der Waals surface area contributed by atoms with Crippen LogP contribution in [-0.2, 0) is 4.74 Å². The monoisotopic (exact) mass is 397 g/mol. The molecule has 0 radical (unpaired) electrons. The molecule has 0 bridgehead atoms. The van der Waals surface area contributed by atoms with E-state index in [1.54, 1.807) is 6.33 Å². The first-order chi connectivity index (χ1) is 14.3. The highest BCUT2D eigenvalue weighted by Crippen LogP contribution is 2.32. The Balaban J connectivity index is 1.26. The standard InChI is InChI=1S/C21H27N5O3/c27-21(26-9-11-28-12-10-26)25-7-5-24(6-8-25)17-3-4-19-18(13-17)20(23-15-22-19)29-14-16-1-2-16/h3-4,13,15-16H,1-2,5-12,14H2. The van der Waals surface area contributed by atoms with E-state index >= 15 is 0 Å². The smallest absolute Gasteiger partial charge is 0.320 e. The number of amides is 2. The van der Waals surface area contributed by atoms with Gasteiger partial charge in [0.1, 0.15) is 6.33 Å². The fourth-order valence-corrected chi connectivity index (χ4v) is 3.92. The molecule has 8 heteroatoms. The lowest BCUT2D eigenvalue weighted by Crippen LogP contribution is -2.54. The average Bonchev–Trinajstić information content (AvgIpc) is 3.62. The second kappa shape index (κ2) is 8.02. The lowest BCUT2D eigenvalue weighted by atomic mass is 10.2. The number of anilines is 1. The predicted molar refractivity (Wildman–Crippen MR) is 109 cm³/mol. The van der Waals surface area contributed by atoms with E-state index in [1.807, 2.05) is 15.9 Å². The summed E-state index contributed by atoms with van der Waals surface area (Å²) >= 11 is 0. The highest BCUT2D eigenvalue weighted by Gasteiger charge is 2.27. The van der Waals surface area contributed by atoms with E-state index in [2.05, 4.69) is 27.0 Å². The zero-order valence-corrected chi connectivity index (χ0v) is 16.6. The van der Waals surface area contributed by atoms with Gasteiger partial charge in [0.2, 0.25) is 5.88 Å². The van der Waals surface area contributed by atoms with Crippen molar-refractivity contribution in [1.29, 1.82) is 0 Å². The van der Waals surface area contributed by atoms with Crippen molar-refractivity contribution in [2.75, 3.05) is 64.0 Å². The Morgan fingerprint density at radius 2 is 1.79 bits per heavy atom. The molecule has 0 N–H and O–H groups in total.